The summed E-state index contributed by atoms with van der Waals surface area (Å²) in [5.74, 6) is 0. The number of hydrogen-bond donors (Lipinski definition) is 1. The number of halogens is 4. The van der Waals surface area contributed by atoms with Gasteiger partial charge in [0, 0.05) is 11.2 Å². The molecule has 2 N–H and O–H groups in total. The Balaban J connectivity index is 2.74. The average molecular weight is 225 g/mol. The standard InChI is InChI=1S/C8H8ClF3N2/c9-5-1-2-14-7(3-5)6(13)4-8(10,11)12/h1-3,6H,4,13H2. The molecule has 0 fully saturated rings. The Kier molecular flexibility index (Phi) is 3.34. The lowest BCUT2D eigenvalue weighted by Gasteiger charge is -2.13. The third-order valence-corrected chi connectivity index (χ3v) is 1.81. The molecule has 1 atom stereocenters. The number of nitrogens with two attached hydrogens (primary N) is 1. The highest BCUT2D eigenvalue weighted by molar-refractivity contribution is 6.30. The largest absolute Gasteiger partial charge is 0.390 e. The molecule has 0 aliphatic heterocycles. The van der Waals surface area contributed by atoms with Crippen LogP contribution in [0.2, 0.25) is 5.02 Å². The van der Waals surface area contributed by atoms with Gasteiger partial charge in [0.05, 0.1) is 18.2 Å². The number of alkyl halides is 3. The summed E-state index contributed by atoms with van der Waals surface area (Å²) in [7, 11) is 0. The first-order valence-corrected chi connectivity index (χ1v) is 4.20. The molecule has 0 spiro atoms. The second kappa shape index (κ2) is 4.14. The van der Waals surface area contributed by atoms with Crippen LogP contribution in [-0.4, -0.2) is 11.2 Å². The molecule has 14 heavy (non-hydrogen) atoms. The molecule has 0 bridgehead atoms. The van der Waals surface area contributed by atoms with E-state index in [9.17, 15) is 13.2 Å². The predicted molar refractivity (Wildman–Crippen MR) is 46.8 cm³/mol. The number of hydrogen-bond acceptors (Lipinski definition) is 2. The Morgan fingerprint density at radius 1 is 1.50 bits per heavy atom. The quantitative estimate of drug-likeness (QED) is 0.839. The number of aromatic nitrogens is 1. The van der Waals surface area contributed by atoms with Crippen molar-refractivity contribution in [2.75, 3.05) is 0 Å². The smallest absolute Gasteiger partial charge is 0.322 e. The first kappa shape index (κ1) is 11.3. The molecular formula is C8H8ClF3N2. The van der Waals surface area contributed by atoms with Crippen LogP contribution in [0.5, 0.6) is 0 Å². The van der Waals surface area contributed by atoms with Crippen LogP contribution in [0.15, 0.2) is 18.3 Å². The van der Waals surface area contributed by atoms with Crippen LogP contribution in [0.4, 0.5) is 13.2 Å². The lowest BCUT2D eigenvalue weighted by Crippen LogP contribution is -2.21. The van der Waals surface area contributed by atoms with Gasteiger partial charge in [-0.2, -0.15) is 13.2 Å². The fourth-order valence-electron chi connectivity index (χ4n) is 0.978. The van der Waals surface area contributed by atoms with E-state index in [1.54, 1.807) is 0 Å². The molecule has 0 aromatic carbocycles. The molecule has 0 aliphatic rings. The Bertz CT molecular complexity index is 314. The van der Waals surface area contributed by atoms with Gasteiger partial charge in [-0.25, -0.2) is 0 Å². The highest BCUT2D eigenvalue weighted by atomic mass is 35.5. The summed E-state index contributed by atoms with van der Waals surface area (Å²) in [5, 5.41) is 0.327. The fourth-order valence-corrected chi connectivity index (χ4v) is 1.15. The van der Waals surface area contributed by atoms with Gasteiger partial charge in [0.2, 0.25) is 0 Å². The van der Waals surface area contributed by atoms with Crippen LogP contribution < -0.4 is 5.73 Å². The first-order chi connectivity index (χ1) is 6.38. The molecule has 0 radical (unpaired) electrons. The number of rotatable bonds is 2. The highest BCUT2D eigenvalue weighted by Crippen LogP contribution is 2.27. The summed E-state index contributed by atoms with van der Waals surface area (Å²) < 4.78 is 35.9. The molecule has 1 rings (SSSR count). The van der Waals surface area contributed by atoms with Crippen molar-refractivity contribution in [3.8, 4) is 0 Å². The molecule has 1 aromatic heterocycles. The maximum Gasteiger partial charge on any atom is 0.390 e. The van der Waals surface area contributed by atoms with Gasteiger partial charge < -0.3 is 5.73 Å². The van der Waals surface area contributed by atoms with Crippen molar-refractivity contribution in [2.45, 2.75) is 18.6 Å². The Labute approximate surface area is 83.9 Å². The van der Waals surface area contributed by atoms with Crippen molar-refractivity contribution < 1.29 is 13.2 Å². The second-order valence-corrected chi connectivity index (χ2v) is 3.26. The maximum atomic E-state index is 12.0. The lowest BCUT2D eigenvalue weighted by molar-refractivity contribution is -0.138. The van der Waals surface area contributed by atoms with Gasteiger partial charge in [0.1, 0.15) is 0 Å². The van der Waals surface area contributed by atoms with Crippen molar-refractivity contribution in [3.63, 3.8) is 0 Å². The molecule has 0 amide bonds. The third kappa shape index (κ3) is 3.51. The van der Waals surface area contributed by atoms with Crippen LogP contribution in [0, 0.1) is 0 Å². The molecule has 1 unspecified atom stereocenters. The molecule has 0 aliphatic carbocycles. The summed E-state index contributed by atoms with van der Waals surface area (Å²) in [6.45, 7) is 0. The van der Waals surface area contributed by atoms with Crippen molar-refractivity contribution in [3.05, 3.63) is 29.0 Å². The SMILES string of the molecule is NC(CC(F)(F)F)c1cc(Cl)ccn1. The maximum absolute atomic E-state index is 12.0. The Morgan fingerprint density at radius 2 is 2.14 bits per heavy atom. The molecule has 0 saturated heterocycles. The van der Waals surface area contributed by atoms with Gasteiger partial charge >= 0.3 is 6.18 Å². The monoisotopic (exact) mass is 224 g/mol. The lowest BCUT2D eigenvalue weighted by atomic mass is 10.1. The van der Waals surface area contributed by atoms with Gasteiger partial charge in [0.25, 0.3) is 0 Å². The number of pyridine rings is 1. The summed E-state index contributed by atoms with van der Waals surface area (Å²) in [4.78, 5) is 3.71. The van der Waals surface area contributed by atoms with E-state index in [4.69, 9.17) is 17.3 Å². The minimum Gasteiger partial charge on any atom is -0.322 e. The summed E-state index contributed by atoms with van der Waals surface area (Å²) >= 11 is 5.58. The first-order valence-electron chi connectivity index (χ1n) is 3.82. The topological polar surface area (TPSA) is 38.9 Å². The van der Waals surface area contributed by atoms with Crippen LogP contribution in [-0.2, 0) is 0 Å². The van der Waals surface area contributed by atoms with E-state index in [0.717, 1.165) is 0 Å². The van der Waals surface area contributed by atoms with Gasteiger partial charge in [0.15, 0.2) is 0 Å². The summed E-state index contributed by atoms with van der Waals surface area (Å²) in [6.07, 6.45) is -4.06. The van der Waals surface area contributed by atoms with Crippen LogP contribution in [0.3, 0.4) is 0 Å². The van der Waals surface area contributed by atoms with Crippen LogP contribution >= 0.6 is 11.6 Å². The van der Waals surface area contributed by atoms with E-state index < -0.39 is 18.6 Å². The second-order valence-electron chi connectivity index (χ2n) is 2.82. The normalized spacial score (nSPS) is 14.1. The summed E-state index contributed by atoms with van der Waals surface area (Å²) in [5.41, 5.74) is 5.46. The zero-order valence-electron chi connectivity index (χ0n) is 7.05. The zero-order valence-corrected chi connectivity index (χ0v) is 7.81. The number of nitrogens with zero attached hydrogens (tertiary/aromatic N) is 1. The van der Waals surface area contributed by atoms with Crippen molar-refractivity contribution >= 4 is 11.6 Å². The molecule has 6 heteroatoms. The molecule has 78 valence electrons. The predicted octanol–water partition coefficient (Wildman–Crippen LogP) is 2.69. The van der Waals surface area contributed by atoms with Gasteiger partial charge in [-0.15, -0.1) is 0 Å². The van der Waals surface area contributed by atoms with Crippen molar-refractivity contribution in [1.82, 2.24) is 4.98 Å². The van der Waals surface area contributed by atoms with Crippen molar-refractivity contribution in [2.24, 2.45) is 5.73 Å². The van der Waals surface area contributed by atoms with E-state index in [2.05, 4.69) is 4.98 Å². The molecule has 1 aromatic rings. The van der Waals surface area contributed by atoms with E-state index in [0.29, 0.717) is 5.02 Å². The molecule has 0 saturated carbocycles. The van der Waals surface area contributed by atoms with Crippen molar-refractivity contribution in [1.29, 1.82) is 0 Å². The Morgan fingerprint density at radius 3 is 2.64 bits per heavy atom. The van der Waals surface area contributed by atoms with Crippen LogP contribution in [0.25, 0.3) is 0 Å². The molecular weight excluding hydrogens is 217 g/mol. The average Bonchev–Trinajstić information content (AvgIpc) is 2.01. The fraction of sp³-hybridized carbons (Fsp3) is 0.375. The molecule has 2 nitrogen and oxygen atoms in total. The third-order valence-electron chi connectivity index (χ3n) is 1.57. The van der Waals surface area contributed by atoms with E-state index in [-0.39, 0.29) is 5.69 Å². The van der Waals surface area contributed by atoms with Crippen LogP contribution in [0.1, 0.15) is 18.2 Å². The minimum atomic E-state index is -4.29. The minimum absolute atomic E-state index is 0.148. The van der Waals surface area contributed by atoms with E-state index in [1.165, 1.54) is 18.3 Å². The van der Waals surface area contributed by atoms with Gasteiger partial charge in [-0.3, -0.25) is 4.98 Å². The van der Waals surface area contributed by atoms with Gasteiger partial charge in [-0.1, -0.05) is 11.6 Å². The van der Waals surface area contributed by atoms with Gasteiger partial charge in [-0.05, 0) is 12.1 Å². The highest BCUT2D eigenvalue weighted by Gasteiger charge is 2.31. The molecule has 1 heterocycles. The Hall–Kier alpha value is -0.810. The summed E-state index contributed by atoms with van der Waals surface area (Å²) in [6, 6.07) is 1.65. The zero-order chi connectivity index (χ0) is 10.8. The van der Waals surface area contributed by atoms with E-state index in [1.807, 2.05) is 0 Å². The van der Waals surface area contributed by atoms with E-state index >= 15 is 0 Å².